The molecular formula is C14H13BF2O2. The fourth-order valence-corrected chi connectivity index (χ4v) is 1.71. The Kier molecular flexibility index (Phi) is 4.05. The molecule has 0 radical (unpaired) electrons. The average molecular weight is 262 g/mol. The standard InChI is InChI=1S/C14H13BF2O2/c1-9-7-11(16)3-5-13(9)18-15-19-14-6-4-12(17)8-10(14)2/h3-8,15H,1-2H3. The molecule has 19 heavy (non-hydrogen) atoms. The fraction of sp³-hybridized carbons (Fsp3) is 0.143. The van der Waals surface area contributed by atoms with Gasteiger partial charge in [-0.1, -0.05) is 0 Å². The van der Waals surface area contributed by atoms with Crippen LogP contribution in [0.15, 0.2) is 36.4 Å². The van der Waals surface area contributed by atoms with Gasteiger partial charge in [-0.25, -0.2) is 8.78 Å². The topological polar surface area (TPSA) is 18.5 Å². The molecule has 0 saturated heterocycles. The van der Waals surface area contributed by atoms with Gasteiger partial charge in [0.2, 0.25) is 0 Å². The average Bonchev–Trinajstić information content (AvgIpc) is 2.34. The van der Waals surface area contributed by atoms with E-state index in [0.29, 0.717) is 22.6 Å². The number of halogens is 2. The molecule has 5 heteroatoms. The van der Waals surface area contributed by atoms with Crippen LogP contribution >= 0.6 is 0 Å². The van der Waals surface area contributed by atoms with Crippen LogP contribution in [-0.4, -0.2) is 7.69 Å². The van der Waals surface area contributed by atoms with Gasteiger partial charge in [-0.05, 0) is 61.4 Å². The molecule has 0 aromatic heterocycles. The van der Waals surface area contributed by atoms with Crippen molar-refractivity contribution in [1.29, 1.82) is 0 Å². The molecule has 0 N–H and O–H groups in total. The Morgan fingerprint density at radius 3 is 1.58 bits per heavy atom. The summed E-state index contributed by atoms with van der Waals surface area (Å²) in [6.07, 6.45) is 0. The third kappa shape index (κ3) is 3.47. The van der Waals surface area contributed by atoms with E-state index in [4.69, 9.17) is 9.31 Å². The number of benzene rings is 2. The van der Waals surface area contributed by atoms with E-state index in [9.17, 15) is 8.78 Å². The van der Waals surface area contributed by atoms with Crippen molar-refractivity contribution in [1.82, 2.24) is 0 Å². The van der Waals surface area contributed by atoms with E-state index < -0.39 is 0 Å². The summed E-state index contributed by atoms with van der Waals surface area (Å²) < 4.78 is 36.6. The first-order chi connectivity index (χ1) is 9.06. The number of aryl methyl sites for hydroxylation is 2. The van der Waals surface area contributed by atoms with Gasteiger partial charge in [-0.3, -0.25) is 0 Å². The van der Waals surface area contributed by atoms with Crippen LogP contribution in [0.3, 0.4) is 0 Å². The predicted octanol–water partition coefficient (Wildman–Crippen LogP) is 3.31. The second-order valence-corrected chi connectivity index (χ2v) is 4.23. The third-order valence-electron chi connectivity index (χ3n) is 2.70. The highest BCUT2D eigenvalue weighted by atomic mass is 19.1. The Labute approximate surface area is 111 Å². The van der Waals surface area contributed by atoms with Gasteiger partial charge < -0.3 is 9.31 Å². The van der Waals surface area contributed by atoms with E-state index in [1.165, 1.54) is 24.3 Å². The first kappa shape index (κ1) is 13.4. The first-order valence-corrected chi connectivity index (χ1v) is 5.84. The van der Waals surface area contributed by atoms with Crippen molar-refractivity contribution in [3.05, 3.63) is 59.2 Å². The van der Waals surface area contributed by atoms with Crippen LogP contribution in [0, 0.1) is 25.5 Å². The second kappa shape index (κ2) is 5.74. The molecule has 0 amide bonds. The summed E-state index contributed by atoms with van der Waals surface area (Å²) in [6, 6.07) is 8.52. The Morgan fingerprint density at radius 1 is 0.789 bits per heavy atom. The molecule has 98 valence electrons. The molecule has 2 nitrogen and oxygen atoms in total. The molecule has 0 atom stereocenters. The zero-order valence-electron chi connectivity index (χ0n) is 10.7. The molecule has 0 heterocycles. The van der Waals surface area contributed by atoms with Gasteiger partial charge in [0, 0.05) is 0 Å². The van der Waals surface area contributed by atoms with Crippen LogP contribution in [0.4, 0.5) is 8.78 Å². The molecule has 0 aliphatic carbocycles. The van der Waals surface area contributed by atoms with Crippen LogP contribution in [0.25, 0.3) is 0 Å². The van der Waals surface area contributed by atoms with Crippen molar-refractivity contribution in [2.75, 3.05) is 0 Å². The van der Waals surface area contributed by atoms with Crippen molar-refractivity contribution in [3.8, 4) is 11.5 Å². The fourth-order valence-electron chi connectivity index (χ4n) is 1.71. The summed E-state index contributed by atoms with van der Waals surface area (Å²) in [5.74, 6) is 0.502. The van der Waals surface area contributed by atoms with Crippen molar-refractivity contribution in [2.45, 2.75) is 13.8 Å². The zero-order chi connectivity index (χ0) is 13.8. The summed E-state index contributed by atoms with van der Waals surface area (Å²) in [5.41, 5.74) is 1.39. The molecule has 2 aromatic carbocycles. The first-order valence-electron chi connectivity index (χ1n) is 5.84. The Bertz CT molecular complexity index is 536. The minimum atomic E-state index is -0.305. The maximum absolute atomic E-state index is 12.9. The lowest BCUT2D eigenvalue weighted by atomic mass is 10.2. The predicted molar refractivity (Wildman–Crippen MR) is 70.7 cm³/mol. The van der Waals surface area contributed by atoms with Crippen molar-refractivity contribution in [3.63, 3.8) is 0 Å². The Balaban J connectivity index is 1.96. The monoisotopic (exact) mass is 262 g/mol. The Morgan fingerprint density at radius 2 is 1.21 bits per heavy atom. The molecule has 2 rings (SSSR count). The van der Waals surface area contributed by atoms with E-state index in [1.807, 2.05) is 0 Å². The summed E-state index contributed by atoms with van der Waals surface area (Å²) in [4.78, 5) is 0. The van der Waals surface area contributed by atoms with Gasteiger partial charge in [0.25, 0.3) is 0 Å². The van der Waals surface area contributed by atoms with Crippen molar-refractivity contribution >= 4 is 7.69 Å². The Hall–Kier alpha value is -2.04. The SMILES string of the molecule is Cc1cc(F)ccc1OBOc1ccc(F)cc1C. The maximum atomic E-state index is 12.9. The molecular weight excluding hydrogens is 249 g/mol. The normalized spacial score (nSPS) is 10.1. The van der Waals surface area contributed by atoms with Crippen LogP contribution in [0.1, 0.15) is 11.1 Å². The summed E-state index contributed by atoms with van der Waals surface area (Å²) in [7, 11) is -0.0149. The molecule has 0 aliphatic rings. The highest BCUT2D eigenvalue weighted by molar-refractivity contribution is 6.20. The lowest BCUT2D eigenvalue weighted by molar-refractivity contribution is 0.453. The van der Waals surface area contributed by atoms with Gasteiger partial charge in [0.1, 0.15) is 23.1 Å². The minimum Gasteiger partial charge on any atom is -0.528 e. The quantitative estimate of drug-likeness (QED) is 0.787. The minimum absolute atomic E-state index is 0.0149. The van der Waals surface area contributed by atoms with E-state index in [-0.39, 0.29) is 19.3 Å². The molecule has 0 bridgehead atoms. The number of rotatable bonds is 4. The summed E-state index contributed by atoms with van der Waals surface area (Å²) in [6.45, 7) is 3.50. The highest BCUT2D eigenvalue weighted by Gasteiger charge is 2.06. The lowest BCUT2D eigenvalue weighted by Gasteiger charge is -2.11. The smallest absolute Gasteiger partial charge is 0.528 e. The molecule has 0 saturated carbocycles. The zero-order valence-corrected chi connectivity index (χ0v) is 10.7. The van der Waals surface area contributed by atoms with E-state index >= 15 is 0 Å². The summed E-state index contributed by atoms with van der Waals surface area (Å²) in [5, 5.41) is 0. The van der Waals surface area contributed by atoms with Gasteiger partial charge >= 0.3 is 7.69 Å². The van der Waals surface area contributed by atoms with Crippen LogP contribution in [-0.2, 0) is 0 Å². The lowest BCUT2D eigenvalue weighted by Crippen LogP contribution is -2.12. The molecule has 0 unspecified atom stereocenters. The maximum Gasteiger partial charge on any atom is 0.576 e. The number of hydrogen-bond acceptors (Lipinski definition) is 2. The van der Waals surface area contributed by atoms with Gasteiger partial charge in [-0.15, -0.1) is 0 Å². The van der Waals surface area contributed by atoms with E-state index in [2.05, 4.69) is 0 Å². The van der Waals surface area contributed by atoms with Gasteiger partial charge in [0.15, 0.2) is 0 Å². The largest absolute Gasteiger partial charge is 0.576 e. The number of hydrogen-bond donors (Lipinski definition) is 0. The molecule has 0 spiro atoms. The van der Waals surface area contributed by atoms with Crippen molar-refractivity contribution in [2.24, 2.45) is 0 Å². The molecule has 0 aliphatic heterocycles. The molecule has 0 fully saturated rings. The van der Waals surface area contributed by atoms with Gasteiger partial charge in [-0.2, -0.15) is 0 Å². The van der Waals surface area contributed by atoms with Crippen molar-refractivity contribution < 1.29 is 18.1 Å². The van der Waals surface area contributed by atoms with Crippen LogP contribution in [0.2, 0.25) is 0 Å². The third-order valence-corrected chi connectivity index (χ3v) is 2.70. The molecule has 2 aromatic rings. The van der Waals surface area contributed by atoms with E-state index in [1.54, 1.807) is 26.0 Å². The van der Waals surface area contributed by atoms with E-state index in [0.717, 1.165) is 0 Å². The highest BCUT2D eigenvalue weighted by Crippen LogP contribution is 2.20. The van der Waals surface area contributed by atoms with Crippen LogP contribution < -0.4 is 9.31 Å². The second-order valence-electron chi connectivity index (χ2n) is 4.23. The van der Waals surface area contributed by atoms with Crippen LogP contribution in [0.5, 0.6) is 11.5 Å². The summed E-state index contributed by atoms with van der Waals surface area (Å²) >= 11 is 0. The van der Waals surface area contributed by atoms with Gasteiger partial charge in [0.05, 0.1) is 0 Å².